The average molecular weight is 260 g/mol. The molecule has 0 fully saturated rings. The number of carbonyl (C=O) groups is 1. The van der Waals surface area contributed by atoms with E-state index in [-0.39, 0.29) is 5.97 Å². The fourth-order valence-corrected chi connectivity index (χ4v) is 3.12. The second kappa shape index (κ2) is 4.10. The lowest BCUT2D eigenvalue weighted by atomic mass is 10.1. The number of hydrogen-bond donors (Lipinski definition) is 0. The van der Waals surface area contributed by atoms with Gasteiger partial charge < -0.3 is 4.74 Å². The summed E-state index contributed by atoms with van der Waals surface area (Å²) in [7, 11) is 1.41. The molecule has 4 nitrogen and oxygen atoms in total. The van der Waals surface area contributed by atoms with Crippen molar-refractivity contribution < 1.29 is 9.53 Å². The number of methoxy groups -OCH3 is 1. The van der Waals surface area contributed by atoms with Gasteiger partial charge in [0.2, 0.25) is 0 Å². The highest BCUT2D eigenvalue weighted by molar-refractivity contribution is 7.23. The van der Waals surface area contributed by atoms with E-state index in [1.54, 1.807) is 11.3 Å². The number of aromatic nitrogens is 2. The van der Waals surface area contributed by atoms with Crippen LogP contribution in [-0.2, 0) is 16.0 Å². The molecule has 0 unspecified atom stereocenters. The molecule has 2 aromatic heterocycles. The zero-order chi connectivity index (χ0) is 12.7. The van der Waals surface area contributed by atoms with Crippen molar-refractivity contribution in [2.45, 2.75) is 13.3 Å². The van der Waals surface area contributed by atoms with E-state index in [1.165, 1.54) is 7.11 Å². The van der Waals surface area contributed by atoms with Crippen LogP contribution in [0.15, 0.2) is 24.4 Å². The molecule has 3 rings (SSSR count). The molecule has 0 amide bonds. The SMILES string of the molecule is COC(=O)Cc1ccc2c(c1)sc1nc(C)cn12. The molecule has 3 aromatic rings. The van der Waals surface area contributed by atoms with Crippen LogP contribution in [0, 0.1) is 6.92 Å². The van der Waals surface area contributed by atoms with E-state index in [1.807, 2.05) is 31.3 Å². The van der Waals surface area contributed by atoms with E-state index in [9.17, 15) is 4.79 Å². The van der Waals surface area contributed by atoms with E-state index >= 15 is 0 Å². The number of rotatable bonds is 2. The summed E-state index contributed by atoms with van der Waals surface area (Å²) in [5.74, 6) is -0.216. The molecule has 0 saturated carbocycles. The maximum Gasteiger partial charge on any atom is 0.309 e. The second-order valence-electron chi connectivity index (χ2n) is 4.19. The van der Waals surface area contributed by atoms with Gasteiger partial charge in [-0.15, -0.1) is 0 Å². The van der Waals surface area contributed by atoms with Crippen LogP contribution in [-0.4, -0.2) is 22.5 Å². The standard InChI is InChI=1S/C13H12N2O2S/c1-8-7-15-10-4-3-9(6-12(16)17-2)5-11(10)18-13(15)14-8/h3-5,7H,6H2,1-2H3. The van der Waals surface area contributed by atoms with Crippen LogP contribution < -0.4 is 0 Å². The summed E-state index contributed by atoms with van der Waals surface area (Å²) >= 11 is 1.63. The van der Waals surface area contributed by atoms with Gasteiger partial charge in [0.05, 0.1) is 29.4 Å². The van der Waals surface area contributed by atoms with E-state index in [2.05, 4.69) is 14.1 Å². The van der Waals surface area contributed by atoms with E-state index < -0.39 is 0 Å². The van der Waals surface area contributed by atoms with Gasteiger partial charge in [0, 0.05) is 6.20 Å². The minimum Gasteiger partial charge on any atom is -0.469 e. The molecule has 0 N–H and O–H groups in total. The van der Waals surface area contributed by atoms with Crippen LogP contribution in [0.25, 0.3) is 15.2 Å². The summed E-state index contributed by atoms with van der Waals surface area (Å²) in [5, 5.41) is 0. The van der Waals surface area contributed by atoms with Crippen molar-refractivity contribution in [2.24, 2.45) is 0 Å². The van der Waals surface area contributed by atoms with Gasteiger partial charge in [0.15, 0.2) is 4.96 Å². The molecule has 0 spiro atoms. The van der Waals surface area contributed by atoms with Gasteiger partial charge in [-0.1, -0.05) is 17.4 Å². The van der Waals surface area contributed by atoms with E-state index in [0.717, 1.165) is 26.4 Å². The lowest BCUT2D eigenvalue weighted by Gasteiger charge is -2.00. The minimum atomic E-state index is -0.216. The Morgan fingerprint density at radius 1 is 1.50 bits per heavy atom. The van der Waals surface area contributed by atoms with Crippen LogP contribution in [0.2, 0.25) is 0 Å². The second-order valence-corrected chi connectivity index (χ2v) is 5.20. The number of imidazole rings is 1. The number of thiazole rings is 1. The van der Waals surface area contributed by atoms with Crippen molar-refractivity contribution in [3.8, 4) is 0 Å². The van der Waals surface area contributed by atoms with Gasteiger partial charge in [-0.25, -0.2) is 4.98 Å². The Bertz CT molecular complexity index is 742. The molecule has 5 heteroatoms. The van der Waals surface area contributed by atoms with Crippen molar-refractivity contribution in [1.82, 2.24) is 9.38 Å². The van der Waals surface area contributed by atoms with Gasteiger partial charge in [-0.2, -0.15) is 0 Å². The topological polar surface area (TPSA) is 43.6 Å². The summed E-state index contributed by atoms with van der Waals surface area (Å²) < 4.78 is 7.89. The molecular formula is C13H12N2O2S. The molecule has 2 heterocycles. The normalized spacial score (nSPS) is 11.2. The number of ether oxygens (including phenoxy) is 1. The molecule has 1 aromatic carbocycles. The number of hydrogen-bond acceptors (Lipinski definition) is 4. The number of nitrogens with zero attached hydrogens (tertiary/aromatic N) is 2. The minimum absolute atomic E-state index is 0.216. The fourth-order valence-electron chi connectivity index (χ4n) is 2.01. The quantitative estimate of drug-likeness (QED) is 0.665. The molecule has 18 heavy (non-hydrogen) atoms. The summed E-state index contributed by atoms with van der Waals surface area (Å²) in [6, 6.07) is 6.01. The maximum absolute atomic E-state index is 11.2. The highest BCUT2D eigenvalue weighted by Gasteiger charge is 2.09. The predicted molar refractivity (Wildman–Crippen MR) is 71.0 cm³/mol. The van der Waals surface area contributed by atoms with Gasteiger partial charge in [-0.05, 0) is 24.6 Å². The molecule has 0 radical (unpaired) electrons. The zero-order valence-corrected chi connectivity index (χ0v) is 11.0. The number of fused-ring (bicyclic) bond motifs is 3. The first-order valence-corrected chi connectivity index (χ1v) is 6.43. The van der Waals surface area contributed by atoms with Crippen LogP contribution in [0.3, 0.4) is 0 Å². The Labute approximate surface area is 108 Å². The number of aryl methyl sites for hydroxylation is 1. The Morgan fingerprint density at radius 3 is 3.11 bits per heavy atom. The first kappa shape index (κ1) is 11.2. The first-order chi connectivity index (χ1) is 8.67. The highest BCUT2D eigenvalue weighted by atomic mass is 32.1. The molecular weight excluding hydrogens is 248 g/mol. The number of esters is 1. The Kier molecular flexibility index (Phi) is 2.56. The predicted octanol–water partition coefficient (Wildman–Crippen LogP) is 2.57. The van der Waals surface area contributed by atoms with Crippen LogP contribution in [0.5, 0.6) is 0 Å². The number of carbonyl (C=O) groups excluding carboxylic acids is 1. The smallest absolute Gasteiger partial charge is 0.309 e. The molecule has 0 bridgehead atoms. The van der Waals surface area contributed by atoms with Crippen molar-refractivity contribution in [1.29, 1.82) is 0 Å². The molecule has 0 aliphatic carbocycles. The summed E-state index contributed by atoms with van der Waals surface area (Å²) in [5.41, 5.74) is 3.11. The van der Waals surface area contributed by atoms with E-state index in [0.29, 0.717) is 6.42 Å². The van der Waals surface area contributed by atoms with Crippen molar-refractivity contribution >= 4 is 32.5 Å². The first-order valence-electron chi connectivity index (χ1n) is 5.61. The summed E-state index contributed by atoms with van der Waals surface area (Å²) in [6.07, 6.45) is 2.33. The van der Waals surface area contributed by atoms with Crippen molar-refractivity contribution in [2.75, 3.05) is 7.11 Å². The van der Waals surface area contributed by atoms with Crippen molar-refractivity contribution in [3.63, 3.8) is 0 Å². The third-order valence-electron chi connectivity index (χ3n) is 2.86. The third-order valence-corrected chi connectivity index (χ3v) is 3.87. The Balaban J connectivity index is 2.09. The van der Waals surface area contributed by atoms with Crippen LogP contribution in [0.1, 0.15) is 11.3 Å². The van der Waals surface area contributed by atoms with Gasteiger partial charge in [-0.3, -0.25) is 9.20 Å². The summed E-state index contributed by atoms with van der Waals surface area (Å²) in [6.45, 7) is 1.98. The molecule has 0 saturated heterocycles. The monoisotopic (exact) mass is 260 g/mol. The average Bonchev–Trinajstić information content (AvgIpc) is 2.84. The molecule has 92 valence electrons. The van der Waals surface area contributed by atoms with Gasteiger partial charge in [0.1, 0.15) is 0 Å². The molecule has 0 atom stereocenters. The highest BCUT2D eigenvalue weighted by Crippen LogP contribution is 2.27. The van der Waals surface area contributed by atoms with Crippen LogP contribution >= 0.6 is 11.3 Å². The lowest BCUT2D eigenvalue weighted by molar-refractivity contribution is -0.139. The summed E-state index contributed by atoms with van der Waals surface area (Å²) in [4.78, 5) is 16.7. The van der Waals surface area contributed by atoms with Gasteiger partial charge >= 0.3 is 5.97 Å². The Morgan fingerprint density at radius 2 is 2.33 bits per heavy atom. The third kappa shape index (κ3) is 1.76. The van der Waals surface area contributed by atoms with Gasteiger partial charge in [0.25, 0.3) is 0 Å². The van der Waals surface area contributed by atoms with E-state index in [4.69, 9.17) is 0 Å². The fraction of sp³-hybridized carbons (Fsp3) is 0.231. The maximum atomic E-state index is 11.2. The zero-order valence-electron chi connectivity index (χ0n) is 10.1. The lowest BCUT2D eigenvalue weighted by Crippen LogP contribution is -2.03. The number of benzene rings is 1. The van der Waals surface area contributed by atoms with Crippen LogP contribution in [0.4, 0.5) is 0 Å². The van der Waals surface area contributed by atoms with Crippen molar-refractivity contribution in [3.05, 3.63) is 35.7 Å². The molecule has 0 aliphatic rings. The molecule has 0 aliphatic heterocycles. The largest absolute Gasteiger partial charge is 0.469 e. The Hall–Kier alpha value is -1.88.